The predicted octanol–water partition coefficient (Wildman–Crippen LogP) is 3.34. The second-order valence-electron chi connectivity index (χ2n) is 6.83. The van der Waals surface area contributed by atoms with Crippen LogP contribution in [0.4, 0.5) is 10.5 Å². The van der Waals surface area contributed by atoms with E-state index in [0.29, 0.717) is 6.54 Å². The molecule has 26 heavy (non-hydrogen) atoms. The van der Waals surface area contributed by atoms with E-state index in [1.165, 1.54) is 16.8 Å². The summed E-state index contributed by atoms with van der Waals surface area (Å²) in [6, 6.07) is 14.4. The van der Waals surface area contributed by atoms with E-state index in [9.17, 15) is 4.79 Å². The van der Waals surface area contributed by atoms with Crippen LogP contribution in [0.1, 0.15) is 16.7 Å². The number of carbonyl (C=O) groups excluding carboxylic acids is 1. The van der Waals surface area contributed by atoms with Gasteiger partial charge in [-0.15, -0.1) is 0 Å². The van der Waals surface area contributed by atoms with Crippen molar-refractivity contribution in [2.24, 2.45) is 0 Å². The molecule has 1 N–H and O–H groups in total. The van der Waals surface area contributed by atoms with Gasteiger partial charge in [0.25, 0.3) is 0 Å². The largest absolute Gasteiger partial charge is 0.497 e. The standard InChI is InChI=1S/C21H27N3O2/c1-16-12-17(2)14-19(13-16)23-8-10-24(11-9-23)21(25)22-15-18-4-6-20(26-3)7-5-18/h4-7,12-14H,8-11,15H2,1-3H3,(H,22,25). The molecule has 2 aromatic carbocycles. The minimum Gasteiger partial charge on any atom is -0.497 e. The highest BCUT2D eigenvalue weighted by molar-refractivity contribution is 5.74. The Kier molecular flexibility index (Phi) is 5.66. The number of aryl methyl sites for hydroxylation is 2. The van der Waals surface area contributed by atoms with E-state index in [-0.39, 0.29) is 6.03 Å². The van der Waals surface area contributed by atoms with Gasteiger partial charge in [-0.1, -0.05) is 18.2 Å². The maximum Gasteiger partial charge on any atom is 0.317 e. The van der Waals surface area contributed by atoms with E-state index >= 15 is 0 Å². The van der Waals surface area contributed by atoms with E-state index in [1.54, 1.807) is 7.11 Å². The molecule has 0 atom stereocenters. The molecule has 1 heterocycles. The quantitative estimate of drug-likeness (QED) is 0.917. The summed E-state index contributed by atoms with van der Waals surface area (Å²) in [5, 5.41) is 3.01. The summed E-state index contributed by atoms with van der Waals surface area (Å²) in [6.07, 6.45) is 0. The minimum absolute atomic E-state index is 0.000825. The number of methoxy groups -OCH3 is 1. The fraction of sp³-hybridized carbons (Fsp3) is 0.381. The lowest BCUT2D eigenvalue weighted by Gasteiger charge is -2.36. The molecule has 1 aliphatic rings. The summed E-state index contributed by atoms with van der Waals surface area (Å²) < 4.78 is 5.15. The third kappa shape index (κ3) is 4.48. The fourth-order valence-electron chi connectivity index (χ4n) is 3.33. The fourth-order valence-corrected chi connectivity index (χ4v) is 3.33. The molecule has 2 amide bonds. The van der Waals surface area contributed by atoms with Gasteiger partial charge in [0.05, 0.1) is 7.11 Å². The van der Waals surface area contributed by atoms with Gasteiger partial charge in [0, 0.05) is 38.4 Å². The minimum atomic E-state index is 0.000825. The number of nitrogens with zero attached hydrogens (tertiary/aromatic N) is 2. The van der Waals surface area contributed by atoms with Crippen molar-refractivity contribution >= 4 is 11.7 Å². The van der Waals surface area contributed by atoms with E-state index in [4.69, 9.17) is 4.74 Å². The highest BCUT2D eigenvalue weighted by atomic mass is 16.5. The molecule has 3 rings (SSSR count). The third-order valence-electron chi connectivity index (χ3n) is 4.74. The zero-order chi connectivity index (χ0) is 18.5. The molecule has 5 heteroatoms. The van der Waals surface area contributed by atoms with Crippen LogP contribution < -0.4 is 15.0 Å². The maximum atomic E-state index is 12.4. The Labute approximate surface area is 155 Å². The molecule has 1 aliphatic heterocycles. The Morgan fingerprint density at radius 2 is 1.62 bits per heavy atom. The summed E-state index contributed by atoms with van der Waals surface area (Å²) in [5.41, 5.74) is 4.87. The van der Waals surface area contributed by atoms with Crippen LogP contribution >= 0.6 is 0 Å². The van der Waals surface area contributed by atoms with Gasteiger partial charge in [-0.3, -0.25) is 0 Å². The normalized spacial score (nSPS) is 14.3. The first kappa shape index (κ1) is 18.1. The topological polar surface area (TPSA) is 44.8 Å². The van der Waals surface area contributed by atoms with Crippen LogP contribution in [0.3, 0.4) is 0 Å². The van der Waals surface area contributed by atoms with Crippen molar-refractivity contribution in [1.29, 1.82) is 0 Å². The summed E-state index contributed by atoms with van der Waals surface area (Å²) in [6.45, 7) is 7.97. The third-order valence-corrected chi connectivity index (χ3v) is 4.74. The molecule has 5 nitrogen and oxygen atoms in total. The van der Waals surface area contributed by atoms with E-state index in [1.807, 2.05) is 29.2 Å². The summed E-state index contributed by atoms with van der Waals surface area (Å²) >= 11 is 0. The van der Waals surface area contributed by atoms with Crippen LogP contribution in [-0.2, 0) is 6.54 Å². The number of benzene rings is 2. The van der Waals surface area contributed by atoms with Crippen molar-refractivity contribution in [1.82, 2.24) is 10.2 Å². The molecule has 0 aromatic heterocycles. The molecule has 0 aliphatic carbocycles. The zero-order valence-corrected chi connectivity index (χ0v) is 15.8. The monoisotopic (exact) mass is 353 g/mol. The van der Waals surface area contributed by atoms with E-state index in [0.717, 1.165) is 37.5 Å². The second-order valence-corrected chi connectivity index (χ2v) is 6.83. The van der Waals surface area contributed by atoms with Crippen molar-refractivity contribution in [3.8, 4) is 5.75 Å². The zero-order valence-electron chi connectivity index (χ0n) is 15.8. The first-order valence-corrected chi connectivity index (χ1v) is 9.04. The predicted molar refractivity (Wildman–Crippen MR) is 105 cm³/mol. The molecule has 1 fully saturated rings. The number of nitrogens with one attached hydrogen (secondary N) is 1. The number of urea groups is 1. The summed E-state index contributed by atoms with van der Waals surface area (Å²) in [7, 11) is 1.65. The lowest BCUT2D eigenvalue weighted by Crippen LogP contribution is -2.51. The van der Waals surface area contributed by atoms with Crippen LogP contribution in [0.15, 0.2) is 42.5 Å². The van der Waals surface area contributed by atoms with Crippen LogP contribution in [0.2, 0.25) is 0 Å². The highest BCUT2D eigenvalue weighted by Gasteiger charge is 2.21. The van der Waals surface area contributed by atoms with Gasteiger partial charge in [-0.2, -0.15) is 0 Å². The molecule has 0 unspecified atom stereocenters. The first-order valence-electron chi connectivity index (χ1n) is 9.04. The van der Waals surface area contributed by atoms with Crippen LogP contribution in [-0.4, -0.2) is 44.2 Å². The van der Waals surface area contributed by atoms with Crippen LogP contribution in [0.5, 0.6) is 5.75 Å². The molecule has 0 radical (unpaired) electrons. The molecular formula is C21H27N3O2. The van der Waals surface area contributed by atoms with Gasteiger partial charge in [0.1, 0.15) is 5.75 Å². The van der Waals surface area contributed by atoms with Crippen molar-refractivity contribution in [3.05, 3.63) is 59.2 Å². The Morgan fingerprint density at radius 1 is 1.00 bits per heavy atom. The van der Waals surface area contributed by atoms with Gasteiger partial charge < -0.3 is 19.9 Å². The van der Waals surface area contributed by atoms with Crippen molar-refractivity contribution in [2.45, 2.75) is 20.4 Å². The Balaban J connectivity index is 1.50. The van der Waals surface area contributed by atoms with Crippen molar-refractivity contribution in [2.75, 3.05) is 38.2 Å². The highest BCUT2D eigenvalue weighted by Crippen LogP contribution is 2.20. The number of ether oxygens (including phenoxy) is 1. The van der Waals surface area contributed by atoms with Gasteiger partial charge >= 0.3 is 6.03 Å². The first-order chi connectivity index (χ1) is 12.5. The van der Waals surface area contributed by atoms with Gasteiger partial charge in [0.2, 0.25) is 0 Å². The molecule has 0 bridgehead atoms. The van der Waals surface area contributed by atoms with Crippen molar-refractivity contribution < 1.29 is 9.53 Å². The molecule has 0 saturated carbocycles. The summed E-state index contributed by atoms with van der Waals surface area (Å²) in [5.74, 6) is 0.822. The van der Waals surface area contributed by atoms with Crippen LogP contribution in [0, 0.1) is 13.8 Å². The van der Waals surface area contributed by atoms with Gasteiger partial charge in [0.15, 0.2) is 0 Å². The van der Waals surface area contributed by atoms with Gasteiger partial charge in [-0.25, -0.2) is 4.79 Å². The van der Waals surface area contributed by atoms with E-state index < -0.39 is 0 Å². The molecular weight excluding hydrogens is 326 g/mol. The Bertz CT molecular complexity index is 730. The second kappa shape index (κ2) is 8.13. The van der Waals surface area contributed by atoms with E-state index in [2.05, 4.69) is 42.3 Å². The van der Waals surface area contributed by atoms with Crippen molar-refractivity contribution in [3.63, 3.8) is 0 Å². The number of hydrogen-bond acceptors (Lipinski definition) is 3. The Morgan fingerprint density at radius 3 is 2.19 bits per heavy atom. The van der Waals surface area contributed by atoms with Gasteiger partial charge in [-0.05, 0) is 54.8 Å². The number of anilines is 1. The maximum absolute atomic E-state index is 12.4. The Hall–Kier alpha value is -2.69. The molecule has 138 valence electrons. The SMILES string of the molecule is COc1ccc(CNC(=O)N2CCN(c3cc(C)cc(C)c3)CC2)cc1. The number of piperazine rings is 1. The lowest BCUT2D eigenvalue weighted by molar-refractivity contribution is 0.194. The molecule has 2 aromatic rings. The smallest absolute Gasteiger partial charge is 0.317 e. The number of amides is 2. The lowest BCUT2D eigenvalue weighted by atomic mass is 10.1. The molecule has 0 spiro atoms. The summed E-state index contributed by atoms with van der Waals surface area (Å²) in [4.78, 5) is 16.7. The number of carbonyl (C=O) groups is 1. The number of rotatable bonds is 4. The molecule has 1 saturated heterocycles. The number of hydrogen-bond donors (Lipinski definition) is 1. The average Bonchev–Trinajstić information content (AvgIpc) is 2.66. The van der Waals surface area contributed by atoms with Crippen LogP contribution in [0.25, 0.3) is 0 Å². The average molecular weight is 353 g/mol.